The maximum atomic E-state index is 12.4. The zero-order chi connectivity index (χ0) is 23.6. The third-order valence-electron chi connectivity index (χ3n) is 5.54. The van der Waals surface area contributed by atoms with Gasteiger partial charge in [-0.1, -0.05) is 70.4 Å². The van der Waals surface area contributed by atoms with Gasteiger partial charge in [-0.25, -0.2) is 4.18 Å². The minimum atomic E-state index is -4.30. The fourth-order valence-corrected chi connectivity index (χ4v) is 3.93. The molecule has 0 aromatic heterocycles. The topological polar surface area (TPSA) is 151 Å². The van der Waals surface area contributed by atoms with Crippen molar-refractivity contribution >= 4 is 16.2 Å². The number of nitrogens with two attached hydrogens (primary N) is 1. The molecule has 0 aromatic carbocycles. The van der Waals surface area contributed by atoms with Gasteiger partial charge >= 0.3 is 10.4 Å². The summed E-state index contributed by atoms with van der Waals surface area (Å²) in [5.74, 6) is -0.338. The number of hydrogen-bond acceptors (Lipinski definition) is 8. The van der Waals surface area contributed by atoms with Crippen LogP contribution < -0.4 is 11.9 Å². The van der Waals surface area contributed by atoms with Crippen molar-refractivity contribution < 1.29 is 26.7 Å². The molecule has 0 saturated heterocycles. The molecule has 192 valence electrons. The Hall–Kier alpha value is -0.840. The van der Waals surface area contributed by atoms with Crippen molar-refractivity contribution in [1.82, 2.24) is 6.15 Å². The van der Waals surface area contributed by atoms with Gasteiger partial charge in [0.1, 0.15) is 11.6 Å². The fourth-order valence-electron chi connectivity index (χ4n) is 3.31. The van der Waals surface area contributed by atoms with Crippen molar-refractivity contribution in [2.75, 3.05) is 13.7 Å². The van der Waals surface area contributed by atoms with E-state index >= 15 is 0 Å². The molecule has 0 aromatic rings. The van der Waals surface area contributed by atoms with Gasteiger partial charge in [0.05, 0.1) is 13.7 Å². The summed E-state index contributed by atoms with van der Waals surface area (Å²) in [5.41, 5.74) is 4.37. The fraction of sp³-hybridized carbons (Fsp3) is 0.870. The molecule has 0 saturated carbocycles. The predicted molar refractivity (Wildman–Crippen MR) is 130 cm³/mol. The van der Waals surface area contributed by atoms with Crippen molar-refractivity contribution in [3.63, 3.8) is 0 Å². The Morgan fingerprint density at radius 3 is 1.91 bits per heavy atom. The Labute approximate surface area is 196 Å². The molecule has 0 spiro atoms. The van der Waals surface area contributed by atoms with Crippen molar-refractivity contribution in [1.29, 1.82) is 0 Å². The van der Waals surface area contributed by atoms with Crippen molar-refractivity contribution in [2.45, 2.75) is 115 Å². The number of allylic oxidation sites excluding steroid dienone is 2. The zero-order valence-corrected chi connectivity index (χ0v) is 21.3. The quantitative estimate of drug-likeness (QED) is 0.157. The van der Waals surface area contributed by atoms with Gasteiger partial charge in [-0.15, -0.1) is 0 Å². The number of rotatable bonds is 21. The van der Waals surface area contributed by atoms with Gasteiger partial charge in [-0.2, -0.15) is 8.42 Å². The summed E-state index contributed by atoms with van der Waals surface area (Å²) >= 11 is 0. The summed E-state index contributed by atoms with van der Waals surface area (Å²) in [6, 6.07) is 0. The van der Waals surface area contributed by atoms with Gasteiger partial charge < -0.3 is 17.0 Å². The van der Waals surface area contributed by atoms with Crippen LogP contribution in [-0.4, -0.2) is 44.7 Å². The SMILES string of the molecule is CCCCCCCC/C=C\CCCCCCCC(=O)C(C)(N)C(CO)OS(=O)(=O)OC.N. The van der Waals surface area contributed by atoms with E-state index in [1.165, 1.54) is 51.9 Å². The highest BCUT2D eigenvalue weighted by Crippen LogP contribution is 2.19. The first-order valence-electron chi connectivity index (χ1n) is 11.8. The van der Waals surface area contributed by atoms with Crippen molar-refractivity contribution in [3.8, 4) is 0 Å². The van der Waals surface area contributed by atoms with Gasteiger partial charge in [-0.3, -0.25) is 8.98 Å². The Bertz CT molecular complexity index is 593. The second kappa shape index (κ2) is 19.6. The standard InChI is InChI=1S/C23H45NO6S.H3N/c1-4-5-6-7-8-9-10-11-12-13-14-15-16-17-18-19-21(26)23(2,24)22(20-25)30-31(27,28)29-3;/h11-12,22,25H,4-10,13-20,24H2,1-3H3;1H3/b12-11-;. The molecule has 0 heterocycles. The molecule has 0 fully saturated rings. The third kappa shape index (κ3) is 15.9. The maximum absolute atomic E-state index is 12.4. The minimum absolute atomic E-state index is 0. The number of aliphatic hydroxyl groups is 1. The van der Waals surface area contributed by atoms with Crippen LogP contribution in [0.5, 0.6) is 0 Å². The average molecular weight is 481 g/mol. The van der Waals surface area contributed by atoms with Crippen molar-refractivity contribution in [2.24, 2.45) is 5.73 Å². The molecule has 6 N–H and O–H groups in total. The molecule has 0 aliphatic carbocycles. The van der Waals surface area contributed by atoms with E-state index in [9.17, 15) is 18.3 Å². The van der Waals surface area contributed by atoms with Crippen LogP contribution in [0.4, 0.5) is 0 Å². The lowest BCUT2D eigenvalue weighted by Crippen LogP contribution is -2.57. The van der Waals surface area contributed by atoms with E-state index in [2.05, 4.69) is 23.3 Å². The number of ketones is 1. The summed E-state index contributed by atoms with van der Waals surface area (Å²) < 4.78 is 31.7. The first-order valence-corrected chi connectivity index (χ1v) is 13.1. The van der Waals surface area contributed by atoms with E-state index in [-0.39, 0.29) is 18.4 Å². The molecular weight excluding hydrogens is 432 g/mol. The van der Waals surface area contributed by atoms with Crippen LogP contribution in [0.3, 0.4) is 0 Å². The van der Waals surface area contributed by atoms with E-state index in [1.54, 1.807) is 0 Å². The molecule has 0 aliphatic rings. The maximum Gasteiger partial charge on any atom is 0.400 e. The lowest BCUT2D eigenvalue weighted by Gasteiger charge is -2.30. The Morgan fingerprint density at radius 1 is 0.969 bits per heavy atom. The average Bonchev–Trinajstić information content (AvgIpc) is 2.74. The van der Waals surface area contributed by atoms with Gasteiger partial charge in [0, 0.05) is 6.42 Å². The summed E-state index contributed by atoms with van der Waals surface area (Å²) in [4.78, 5) is 12.4. The first-order chi connectivity index (χ1) is 14.7. The van der Waals surface area contributed by atoms with Gasteiger partial charge in [0.25, 0.3) is 0 Å². The monoisotopic (exact) mass is 480 g/mol. The van der Waals surface area contributed by atoms with Crippen LogP contribution in [0.25, 0.3) is 0 Å². The van der Waals surface area contributed by atoms with E-state index in [1.807, 2.05) is 0 Å². The number of hydrogen-bond donors (Lipinski definition) is 3. The number of aliphatic hydroxyl groups excluding tert-OH is 1. The third-order valence-corrected chi connectivity index (χ3v) is 6.42. The van der Waals surface area contributed by atoms with Crippen LogP contribution in [0, 0.1) is 0 Å². The van der Waals surface area contributed by atoms with Gasteiger partial charge in [-0.05, 0) is 39.0 Å². The molecule has 0 amide bonds. The summed E-state index contributed by atoms with van der Waals surface area (Å²) in [6.45, 7) is 2.91. The van der Waals surface area contributed by atoms with Crippen molar-refractivity contribution in [3.05, 3.63) is 12.2 Å². The summed E-state index contributed by atoms with van der Waals surface area (Å²) in [6.07, 6.45) is 18.5. The number of Topliss-reactive ketones (excluding diaryl/α,β-unsaturated/α-hetero) is 1. The van der Waals surface area contributed by atoms with Crippen LogP contribution >= 0.6 is 0 Å². The molecule has 2 atom stereocenters. The molecule has 0 aliphatic heterocycles. The molecule has 0 bridgehead atoms. The Kier molecular flexibility index (Phi) is 20.4. The second-order valence-electron chi connectivity index (χ2n) is 8.38. The minimum Gasteiger partial charge on any atom is -0.394 e. The van der Waals surface area contributed by atoms with Gasteiger partial charge in [0.15, 0.2) is 5.78 Å². The highest BCUT2D eigenvalue weighted by Gasteiger charge is 2.40. The van der Waals surface area contributed by atoms with E-state index in [0.29, 0.717) is 6.42 Å². The smallest absolute Gasteiger partial charge is 0.394 e. The molecule has 0 rings (SSSR count). The highest BCUT2D eigenvalue weighted by molar-refractivity contribution is 7.81. The number of carbonyl (C=O) groups excluding carboxylic acids is 1. The van der Waals surface area contributed by atoms with Crippen LogP contribution in [0.15, 0.2) is 12.2 Å². The van der Waals surface area contributed by atoms with Crippen LogP contribution in [0.2, 0.25) is 0 Å². The Balaban J connectivity index is 0. The largest absolute Gasteiger partial charge is 0.400 e. The molecule has 8 nitrogen and oxygen atoms in total. The zero-order valence-electron chi connectivity index (χ0n) is 20.5. The highest BCUT2D eigenvalue weighted by atomic mass is 32.3. The normalized spacial score (nSPS) is 14.8. The summed E-state index contributed by atoms with van der Waals surface area (Å²) in [5, 5.41) is 9.39. The number of carbonyl (C=O) groups is 1. The molecule has 0 radical (unpaired) electrons. The second-order valence-corrected chi connectivity index (χ2v) is 9.72. The first kappa shape index (κ1) is 33.3. The molecule has 32 heavy (non-hydrogen) atoms. The predicted octanol–water partition coefficient (Wildman–Crippen LogP) is 4.74. The molecule has 9 heteroatoms. The van der Waals surface area contributed by atoms with Crippen LogP contribution in [0.1, 0.15) is 104 Å². The van der Waals surface area contributed by atoms with E-state index < -0.39 is 28.6 Å². The van der Waals surface area contributed by atoms with Gasteiger partial charge in [0.2, 0.25) is 0 Å². The summed E-state index contributed by atoms with van der Waals surface area (Å²) in [7, 11) is -3.36. The van der Waals surface area contributed by atoms with E-state index in [4.69, 9.17) is 9.92 Å². The Morgan fingerprint density at radius 2 is 1.44 bits per heavy atom. The molecular formula is C23H48N2O6S. The lowest BCUT2D eigenvalue weighted by atomic mass is 9.88. The lowest BCUT2D eigenvalue weighted by molar-refractivity contribution is -0.128. The van der Waals surface area contributed by atoms with Crippen LogP contribution in [-0.2, 0) is 23.6 Å². The number of unbranched alkanes of at least 4 members (excludes halogenated alkanes) is 11. The van der Waals surface area contributed by atoms with E-state index in [0.717, 1.165) is 39.2 Å². The molecule has 2 unspecified atom stereocenters.